The molecule has 4 heteroatoms. The molecule has 0 rings (SSSR count). The fraction of sp³-hybridized carbons (Fsp3) is 0.791. The first-order chi connectivity index (χ1) is 23.2. The SMILES string of the molecule is CCCCCCCC/C=C\CCCCCCCCCC(=O)NC(CO)C(O)/C=C/CC/C=C/CC/C=C/CCCCCCCCCC. The summed E-state index contributed by atoms with van der Waals surface area (Å²) < 4.78 is 0. The van der Waals surface area contributed by atoms with Crippen LogP contribution in [0.4, 0.5) is 0 Å². The number of amides is 1. The lowest BCUT2D eigenvalue weighted by Crippen LogP contribution is -2.45. The highest BCUT2D eigenvalue weighted by atomic mass is 16.3. The number of carbonyl (C=O) groups excluding carboxylic acids is 1. The van der Waals surface area contributed by atoms with E-state index in [1.807, 2.05) is 6.08 Å². The van der Waals surface area contributed by atoms with Gasteiger partial charge in [-0.15, -0.1) is 0 Å². The molecular formula is C43H79NO3. The highest BCUT2D eigenvalue weighted by Gasteiger charge is 2.17. The van der Waals surface area contributed by atoms with Gasteiger partial charge in [0.15, 0.2) is 0 Å². The number of unbranched alkanes of at least 4 members (excludes halogenated alkanes) is 23. The molecule has 0 aliphatic carbocycles. The number of nitrogens with one attached hydrogen (secondary N) is 1. The first-order valence-electron chi connectivity index (χ1n) is 20.4. The van der Waals surface area contributed by atoms with Crippen molar-refractivity contribution in [2.45, 2.75) is 212 Å². The Balaban J connectivity index is 3.69. The van der Waals surface area contributed by atoms with Crippen molar-refractivity contribution in [3.63, 3.8) is 0 Å². The van der Waals surface area contributed by atoms with Crippen LogP contribution in [-0.2, 0) is 4.79 Å². The number of aliphatic hydroxyl groups is 2. The summed E-state index contributed by atoms with van der Waals surface area (Å²) in [6.45, 7) is 4.28. The van der Waals surface area contributed by atoms with Gasteiger partial charge in [0.2, 0.25) is 5.91 Å². The molecule has 4 nitrogen and oxygen atoms in total. The largest absolute Gasteiger partial charge is 0.394 e. The Morgan fingerprint density at radius 3 is 1.23 bits per heavy atom. The summed E-state index contributed by atoms with van der Waals surface area (Å²) in [7, 11) is 0. The molecule has 2 unspecified atom stereocenters. The molecule has 0 aromatic rings. The summed E-state index contributed by atoms with van der Waals surface area (Å²) in [5.41, 5.74) is 0. The third kappa shape index (κ3) is 35.5. The average Bonchev–Trinajstić information content (AvgIpc) is 3.07. The minimum Gasteiger partial charge on any atom is -0.394 e. The summed E-state index contributed by atoms with van der Waals surface area (Å²) in [5.74, 6) is -0.0842. The minimum atomic E-state index is -0.871. The van der Waals surface area contributed by atoms with Crippen LogP contribution in [0, 0.1) is 0 Å². The van der Waals surface area contributed by atoms with Crippen molar-refractivity contribution in [2.75, 3.05) is 6.61 Å². The summed E-state index contributed by atoms with van der Waals surface area (Å²) in [4.78, 5) is 12.3. The fourth-order valence-corrected chi connectivity index (χ4v) is 5.85. The van der Waals surface area contributed by atoms with Gasteiger partial charge in [-0.05, 0) is 70.6 Å². The van der Waals surface area contributed by atoms with Crippen molar-refractivity contribution >= 4 is 5.91 Å². The molecule has 0 radical (unpaired) electrons. The lowest BCUT2D eigenvalue weighted by Gasteiger charge is -2.19. The highest BCUT2D eigenvalue weighted by Crippen LogP contribution is 2.12. The van der Waals surface area contributed by atoms with E-state index in [0.717, 1.165) is 38.5 Å². The summed E-state index contributed by atoms with van der Waals surface area (Å²) in [6.07, 6.45) is 52.0. The van der Waals surface area contributed by atoms with Gasteiger partial charge in [-0.1, -0.05) is 172 Å². The second-order valence-electron chi connectivity index (χ2n) is 13.7. The Hall–Kier alpha value is -1.65. The van der Waals surface area contributed by atoms with Crippen molar-refractivity contribution in [3.8, 4) is 0 Å². The molecule has 1 amide bonds. The normalized spacial score (nSPS) is 13.5. The van der Waals surface area contributed by atoms with Crippen LogP contribution in [0.3, 0.4) is 0 Å². The molecule has 0 spiro atoms. The van der Waals surface area contributed by atoms with E-state index < -0.39 is 12.1 Å². The summed E-state index contributed by atoms with van der Waals surface area (Å²) in [5, 5.41) is 22.9. The zero-order valence-corrected chi connectivity index (χ0v) is 31.3. The van der Waals surface area contributed by atoms with E-state index >= 15 is 0 Å². The molecule has 0 fully saturated rings. The molecule has 3 N–H and O–H groups in total. The maximum atomic E-state index is 12.3. The number of carbonyl (C=O) groups is 1. The quantitative estimate of drug-likeness (QED) is 0.0464. The molecule has 0 aliphatic heterocycles. The first-order valence-corrected chi connectivity index (χ1v) is 20.4. The molecule has 0 heterocycles. The molecule has 0 aromatic carbocycles. The van der Waals surface area contributed by atoms with Crippen molar-refractivity contribution in [2.24, 2.45) is 0 Å². The molecule has 47 heavy (non-hydrogen) atoms. The maximum absolute atomic E-state index is 12.3. The fourth-order valence-electron chi connectivity index (χ4n) is 5.85. The first kappa shape index (κ1) is 45.3. The predicted octanol–water partition coefficient (Wildman–Crippen LogP) is 12.4. The monoisotopic (exact) mass is 658 g/mol. The van der Waals surface area contributed by atoms with E-state index in [-0.39, 0.29) is 12.5 Å². The van der Waals surface area contributed by atoms with Crippen LogP contribution >= 0.6 is 0 Å². The Labute approximate surface area is 293 Å². The van der Waals surface area contributed by atoms with Crippen molar-refractivity contribution in [1.82, 2.24) is 5.32 Å². The summed E-state index contributed by atoms with van der Waals surface area (Å²) >= 11 is 0. The van der Waals surface area contributed by atoms with E-state index in [1.165, 1.54) is 141 Å². The van der Waals surface area contributed by atoms with Gasteiger partial charge in [-0.2, -0.15) is 0 Å². The molecule has 0 aliphatic rings. The van der Waals surface area contributed by atoms with Crippen LogP contribution in [-0.4, -0.2) is 34.9 Å². The topological polar surface area (TPSA) is 69.6 Å². The van der Waals surface area contributed by atoms with Crippen LogP contribution in [0.25, 0.3) is 0 Å². The number of allylic oxidation sites excluding steroid dienone is 7. The van der Waals surface area contributed by atoms with Crippen molar-refractivity contribution < 1.29 is 15.0 Å². The van der Waals surface area contributed by atoms with Gasteiger partial charge in [0.05, 0.1) is 18.8 Å². The van der Waals surface area contributed by atoms with Crippen molar-refractivity contribution in [1.29, 1.82) is 0 Å². The van der Waals surface area contributed by atoms with Crippen LogP contribution in [0.5, 0.6) is 0 Å². The molecular weight excluding hydrogens is 578 g/mol. The Morgan fingerprint density at radius 2 is 0.830 bits per heavy atom. The number of aliphatic hydroxyl groups excluding tert-OH is 2. The zero-order chi connectivity index (χ0) is 34.3. The molecule has 0 aromatic heterocycles. The molecule has 0 saturated heterocycles. The lowest BCUT2D eigenvalue weighted by atomic mass is 10.1. The van der Waals surface area contributed by atoms with Gasteiger partial charge >= 0.3 is 0 Å². The van der Waals surface area contributed by atoms with Crippen molar-refractivity contribution in [3.05, 3.63) is 48.6 Å². The van der Waals surface area contributed by atoms with Crippen LogP contribution in [0.1, 0.15) is 200 Å². The van der Waals surface area contributed by atoms with Gasteiger partial charge in [-0.3, -0.25) is 4.79 Å². The van der Waals surface area contributed by atoms with Gasteiger partial charge in [-0.25, -0.2) is 0 Å². The second-order valence-corrected chi connectivity index (χ2v) is 13.7. The maximum Gasteiger partial charge on any atom is 0.220 e. The Kier molecular flexibility index (Phi) is 37.4. The van der Waals surface area contributed by atoms with Gasteiger partial charge < -0.3 is 15.5 Å². The molecule has 2 atom stereocenters. The smallest absolute Gasteiger partial charge is 0.220 e. The summed E-state index contributed by atoms with van der Waals surface area (Å²) in [6, 6.07) is -0.647. The standard InChI is InChI=1S/C43H79NO3/c1-3-5-7-9-11-13-15-17-19-21-23-24-26-28-30-32-34-36-38-42(46)41(40-45)44-43(47)39-37-35-33-31-29-27-25-22-20-18-16-14-12-10-8-6-4-2/h18,20-21,23,28,30,36,38,41-42,45-46H,3-17,19,22,24-27,29,31-35,37,39-40H2,1-2H3,(H,44,47)/b20-18-,23-21+,30-28+,38-36+. The lowest BCUT2D eigenvalue weighted by molar-refractivity contribution is -0.123. The Morgan fingerprint density at radius 1 is 0.489 bits per heavy atom. The molecule has 0 bridgehead atoms. The zero-order valence-electron chi connectivity index (χ0n) is 31.3. The van der Waals surface area contributed by atoms with Gasteiger partial charge in [0, 0.05) is 6.42 Å². The molecule has 274 valence electrons. The predicted molar refractivity (Wildman–Crippen MR) is 207 cm³/mol. The number of hydrogen-bond donors (Lipinski definition) is 3. The third-order valence-corrected chi connectivity index (χ3v) is 9.01. The second kappa shape index (κ2) is 38.8. The van der Waals surface area contributed by atoms with Gasteiger partial charge in [0.1, 0.15) is 0 Å². The Bertz CT molecular complexity index is 756. The van der Waals surface area contributed by atoms with E-state index in [1.54, 1.807) is 6.08 Å². The van der Waals surface area contributed by atoms with E-state index in [2.05, 4.69) is 55.6 Å². The minimum absolute atomic E-state index is 0.0842. The van der Waals surface area contributed by atoms with Gasteiger partial charge in [0.25, 0.3) is 0 Å². The number of hydrogen-bond acceptors (Lipinski definition) is 3. The molecule has 0 saturated carbocycles. The van der Waals surface area contributed by atoms with Crippen LogP contribution in [0.15, 0.2) is 48.6 Å². The van der Waals surface area contributed by atoms with Crippen LogP contribution in [0.2, 0.25) is 0 Å². The van der Waals surface area contributed by atoms with E-state index in [9.17, 15) is 15.0 Å². The third-order valence-electron chi connectivity index (χ3n) is 9.01. The number of rotatable bonds is 36. The van der Waals surface area contributed by atoms with E-state index in [0.29, 0.717) is 6.42 Å². The highest BCUT2D eigenvalue weighted by molar-refractivity contribution is 5.76. The average molecular weight is 658 g/mol. The van der Waals surface area contributed by atoms with Crippen LogP contribution < -0.4 is 5.32 Å². The van der Waals surface area contributed by atoms with E-state index in [4.69, 9.17) is 0 Å².